The highest BCUT2D eigenvalue weighted by atomic mass is 16.1. The molecule has 7 heteroatoms. The van der Waals surface area contributed by atoms with Crippen LogP contribution in [0.3, 0.4) is 0 Å². The second kappa shape index (κ2) is 6.72. The van der Waals surface area contributed by atoms with Crippen LogP contribution < -0.4 is 5.32 Å². The molecule has 0 fully saturated rings. The number of amides is 1. The molecular weight excluding hydrogens is 328 g/mol. The van der Waals surface area contributed by atoms with Gasteiger partial charge in [-0.3, -0.25) is 19.7 Å². The second-order valence-corrected chi connectivity index (χ2v) is 5.89. The number of hydrogen-bond acceptors (Lipinski definition) is 5. The number of aromatic nitrogens is 5. The van der Waals surface area contributed by atoms with Crippen molar-refractivity contribution in [2.75, 3.05) is 0 Å². The topological polar surface area (TPSA) is 85.6 Å². The number of pyridine rings is 1. The van der Waals surface area contributed by atoms with Gasteiger partial charge in [0.05, 0.1) is 41.5 Å². The van der Waals surface area contributed by atoms with Crippen LogP contribution in [0.2, 0.25) is 0 Å². The number of carbonyl (C=O) groups is 1. The van der Waals surface area contributed by atoms with Crippen LogP contribution in [0.1, 0.15) is 21.7 Å². The lowest BCUT2D eigenvalue weighted by atomic mass is 10.1. The van der Waals surface area contributed by atoms with Gasteiger partial charge in [0, 0.05) is 29.5 Å². The van der Waals surface area contributed by atoms with E-state index in [2.05, 4.69) is 25.4 Å². The van der Waals surface area contributed by atoms with Crippen LogP contribution in [0.15, 0.2) is 61.3 Å². The quantitative estimate of drug-likeness (QED) is 0.614. The monoisotopic (exact) mass is 344 g/mol. The number of nitrogens with one attached hydrogen (secondary N) is 1. The van der Waals surface area contributed by atoms with Gasteiger partial charge in [0.1, 0.15) is 0 Å². The molecule has 0 aliphatic carbocycles. The van der Waals surface area contributed by atoms with Crippen LogP contribution in [0, 0.1) is 6.92 Å². The Balaban J connectivity index is 1.53. The minimum atomic E-state index is -0.164. The molecule has 7 nitrogen and oxygen atoms in total. The summed E-state index contributed by atoms with van der Waals surface area (Å²) in [5, 5.41) is 8.26. The van der Waals surface area contributed by atoms with Crippen LogP contribution in [0.25, 0.3) is 16.6 Å². The van der Waals surface area contributed by atoms with Crippen molar-refractivity contribution in [3.05, 3.63) is 78.3 Å². The van der Waals surface area contributed by atoms with Crippen molar-refractivity contribution in [3.63, 3.8) is 0 Å². The molecule has 0 radical (unpaired) electrons. The third-order valence-electron chi connectivity index (χ3n) is 3.94. The number of rotatable bonds is 4. The Morgan fingerprint density at radius 1 is 1.15 bits per heavy atom. The summed E-state index contributed by atoms with van der Waals surface area (Å²) < 4.78 is 1.75. The highest BCUT2D eigenvalue weighted by Crippen LogP contribution is 2.17. The zero-order valence-electron chi connectivity index (χ0n) is 14.1. The maximum Gasteiger partial charge on any atom is 0.251 e. The number of carbonyl (C=O) groups excluding carboxylic acids is 1. The van der Waals surface area contributed by atoms with E-state index in [1.807, 2.05) is 37.4 Å². The van der Waals surface area contributed by atoms with E-state index in [0.717, 1.165) is 28.0 Å². The molecule has 26 heavy (non-hydrogen) atoms. The second-order valence-electron chi connectivity index (χ2n) is 5.89. The fourth-order valence-corrected chi connectivity index (χ4v) is 2.57. The summed E-state index contributed by atoms with van der Waals surface area (Å²) >= 11 is 0. The van der Waals surface area contributed by atoms with E-state index in [1.165, 1.54) is 0 Å². The molecule has 1 aromatic carbocycles. The van der Waals surface area contributed by atoms with E-state index in [1.54, 1.807) is 35.5 Å². The largest absolute Gasteiger partial charge is 0.346 e. The van der Waals surface area contributed by atoms with E-state index in [0.29, 0.717) is 12.1 Å². The molecule has 0 spiro atoms. The van der Waals surface area contributed by atoms with E-state index < -0.39 is 0 Å². The fourth-order valence-electron chi connectivity index (χ4n) is 2.57. The molecule has 0 aliphatic rings. The highest BCUT2D eigenvalue weighted by Gasteiger charge is 2.09. The van der Waals surface area contributed by atoms with E-state index in [-0.39, 0.29) is 5.91 Å². The summed E-state index contributed by atoms with van der Waals surface area (Å²) in [4.78, 5) is 24.9. The molecule has 1 N–H and O–H groups in total. The predicted octanol–water partition coefficient (Wildman–Crippen LogP) is 2.45. The van der Waals surface area contributed by atoms with Gasteiger partial charge in [-0.1, -0.05) is 0 Å². The molecule has 0 atom stereocenters. The van der Waals surface area contributed by atoms with Gasteiger partial charge in [-0.05, 0) is 37.3 Å². The zero-order chi connectivity index (χ0) is 17.9. The molecule has 0 saturated carbocycles. The lowest BCUT2D eigenvalue weighted by molar-refractivity contribution is 0.0950. The van der Waals surface area contributed by atoms with E-state index in [4.69, 9.17) is 0 Å². The Kier molecular flexibility index (Phi) is 4.10. The summed E-state index contributed by atoms with van der Waals surface area (Å²) in [5.74, 6) is -0.164. The van der Waals surface area contributed by atoms with Crippen LogP contribution >= 0.6 is 0 Å². The van der Waals surface area contributed by atoms with Crippen molar-refractivity contribution < 1.29 is 4.79 Å². The standard InChI is InChI=1S/C19H16N6O/c1-13-8-22-16(9-21-13)10-23-19(26)14-4-5-18-15(7-14)12-25(24-18)17-3-2-6-20-11-17/h2-9,11-12H,10H2,1H3,(H,23,26). The van der Waals surface area contributed by atoms with Crippen molar-refractivity contribution >= 4 is 16.8 Å². The maximum absolute atomic E-state index is 12.4. The predicted molar refractivity (Wildman–Crippen MR) is 96.8 cm³/mol. The van der Waals surface area contributed by atoms with Crippen LogP contribution in [-0.2, 0) is 6.54 Å². The minimum Gasteiger partial charge on any atom is -0.346 e. The Morgan fingerprint density at radius 3 is 2.85 bits per heavy atom. The minimum absolute atomic E-state index is 0.164. The van der Waals surface area contributed by atoms with Crippen LogP contribution in [-0.4, -0.2) is 30.6 Å². The molecular formula is C19H16N6O. The summed E-state index contributed by atoms with van der Waals surface area (Å²) in [5.41, 5.74) is 3.82. The molecule has 0 saturated heterocycles. The average Bonchev–Trinajstić information content (AvgIpc) is 3.11. The van der Waals surface area contributed by atoms with Crippen LogP contribution in [0.5, 0.6) is 0 Å². The van der Waals surface area contributed by atoms with Crippen molar-refractivity contribution in [1.82, 2.24) is 30.0 Å². The van der Waals surface area contributed by atoms with E-state index >= 15 is 0 Å². The average molecular weight is 344 g/mol. The zero-order valence-corrected chi connectivity index (χ0v) is 14.1. The number of benzene rings is 1. The van der Waals surface area contributed by atoms with Gasteiger partial charge in [-0.25, -0.2) is 4.68 Å². The lowest BCUT2D eigenvalue weighted by Crippen LogP contribution is -2.23. The van der Waals surface area contributed by atoms with Gasteiger partial charge < -0.3 is 5.32 Å². The van der Waals surface area contributed by atoms with Crippen molar-refractivity contribution in [2.24, 2.45) is 0 Å². The summed E-state index contributed by atoms with van der Waals surface area (Å²) in [7, 11) is 0. The summed E-state index contributed by atoms with van der Waals surface area (Å²) in [6, 6.07) is 9.21. The van der Waals surface area contributed by atoms with Gasteiger partial charge in [0.25, 0.3) is 5.91 Å². The fraction of sp³-hybridized carbons (Fsp3) is 0.105. The number of nitrogens with zero attached hydrogens (tertiary/aromatic N) is 5. The van der Waals surface area contributed by atoms with Gasteiger partial charge in [-0.2, -0.15) is 5.10 Å². The molecule has 128 valence electrons. The Morgan fingerprint density at radius 2 is 2.08 bits per heavy atom. The summed E-state index contributed by atoms with van der Waals surface area (Å²) in [6.45, 7) is 2.20. The molecule has 3 heterocycles. The lowest BCUT2D eigenvalue weighted by Gasteiger charge is -2.05. The molecule has 4 rings (SSSR count). The number of hydrogen-bond donors (Lipinski definition) is 1. The Bertz CT molecular complexity index is 1060. The summed E-state index contributed by atoms with van der Waals surface area (Å²) in [6.07, 6.45) is 8.68. The van der Waals surface area contributed by atoms with Crippen LogP contribution in [0.4, 0.5) is 0 Å². The number of aryl methyl sites for hydroxylation is 1. The first-order chi connectivity index (χ1) is 12.7. The van der Waals surface area contributed by atoms with Gasteiger partial charge >= 0.3 is 0 Å². The third kappa shape index (κ3) is 3.27. The van der Waals surface area contributed by atoms with Gasteiger partial charge in [-0.15, -0.1) is 0 Å². The molecule has 0 bridgehead atoms. The normalized spacial score (nSPS) is 10.8. The molecule has 4 aromatic rings. The number of fused-ring (bicyclic) bond motifs is 1. The van der Waals surface area contributed by atoms with Crippen molar-refractivity contribution in [1.29, 1.82) is 0 Å². The molecule has 0 unspecified atom stereocenters. The van der Waals surface area contributed by atoms with E-state index in [9.17, 15) is 4.79 Å². The molecule has 0 aliphatic heterocycles. The Labute approximate surface area is 149 Å². The highest BCUT2D eigenvalue weighted by molar-refractivity contribution is 5.97. The third-order valence-corrected chi connectivity index (χ3v) is 3.94. The maximum atomic E-state index is 12.4. The SMILES string of the molecule is Cc1cnc(CNC(=O)c2ccc3nn(-c4cccnc4)cc3c2)cn1. The first-order valence-electron chi connectivity index (χ1n) is 8.14. The van der Waals surface area contributed by atoms with Gasteiger partial charge in [0.15, 0.2) is 0 Å². The Hall–Kier alpha value is -3.61. The smallest absolute Gasteiger partial charge is 0.251 e. The van der Waals surface area contributed by atoms with Gasteiger partial charge in [0.2, 0.25) is 0 Å². The molecule has 1 amide bonds. The first-order valence-corrected chi connectivity index (χ1v) is 8.14. The first kappa shape index (κ1) is 15.9. The van der Waals surface area contributed by atoms with Crippen molar-refractivity contribution in [3.8, 4) is 5.69 Å². The molecule has 3 aromatic heterocycles. The van der Waals surface area contributed by atoms with Crippen molar-refractivity contribution in [2.45, 2.75) is 13.5 Å².